The molecule has 1 aliphatic rings. The molecule has 1 aromatic carbocycles. The third kappa shape index (κ3) is 2.46. The van der Waals surface area contributed by atoms with Crippen molar-refractivity contribution in [3.63, 3.8) is 0 Å². The number of carbonyl (C=O) groups is 1. The molecule has 1 aliphatic heterocycles. The Balaban J connectivity index is 1.67. The molecule has 0 unspecified atom stereocenters. The summed E-state index contributed by atoms with van der Waals surface area (Å²) in [4.78, 5) is 31.1. The number of amides is 1. The summed E-state index contributed by atoms with van der Waals surface area (Å²) in [5.74, 6) is -0.121. The van der Waals surface area contributed by atoms with E-state index in [0.717, 1.165) is 5.39 Å². The van der Waals surface area contributed by atoms with Crippen molar-refractivity contribution in [1.82, 2.24) is 14.5 Å². The molecule has 24 heavy (non-hydrogen) atoms. The van der Waals surface area contributed by atoms with Gasteiger partial charge in [-0.3, -0.25) is 14.2 Å². The molecule has 1 amide bonds. The fourth-order valence-electron chi connectivity index (χ4n) is 3.02. The summed E-state index contributed by atoms with van der Waals surface area (Å²) in [7, 11) is 0. The maximum Gasteiger partial charge on any atom is 0.297 e. The Hall–Kier alpha value is -2.67. The monoisotopic (exact) mass is 327 g/mol. The highest BCUT2D eigenvalue weighted by atomic mass is 16.5. The Morgan fingerprint density at radius 3 is 3.04 bits per heavy atom. The van der Waals surface area contributed by atoms with E-state index in [1.54, 1.807) is 11.0 Å². The third-order valence-electron chi connectivity index (χ3n) is 4.25. The van der Waals surface area contributed by atoms with E-state index in [1.165, 1.54) is 10.9 Å². The van der Waals surface area contributed by atoms with Crippen LogP contribution in [0.4, 0.5) is 0 Å². The van der Waals surface area contributed by atoms with Gasteiger partial charge in [0.25, 0.3) is 5.56 Å². The quantitative estimate of drug-likeness (QED) is 0.711. The Morgan fingerprint density at radius 1 is 1.38 bits per heavy atom. The van der Waals surface area contributed by atoms with Crippen molar-refractivity contribution in [2.24, 2.45) is 0 Å². The van der Waals surface area contributed by atoms with Crippen LogP contribution >= 0.6 is 0 Å². The second kappa shape index (κ2) is 5.76. The minimum Gasteiger partial charge on any atom is -0.448 e. The summed E-state index contributed by atoms with van der Waals surface area (Å²) in [6, 6.07) is 7.36. The lowest BCUT2D eigenvalue weighted by atomic mass is 10.2. The maximum atomic E-state index is 12.6. The lowest BCUT2D eigenvalue weighted by Crippen LogP contribution is -2.46. The number of hydrogen-bond acceptors (Lipinski definition) is 5. The first-order valence-electron chi connectivity index (χ1n) is 7.89. The van der Waals surface area contributed by atoms with E-state index in [9.17, 15) is 9.59 Å². The summed E-state index contributed by atoms with van der Waals surface area (Å²) < 4.78 is 12.4. The van der Waals surface area contributed by atoms with Crippen molar-refractivity contribution in [3.05, 3.63) is 40.9 Å². The van der Waals surface area contributed by atoms with Gasteiger partial charge in [0, 0.05) is 18.5 Å². The predicted molar refractivity (Wildman–Crippen MR) is 87.8 cm³/mol. The van der Waals surface area contributed by atoms with Crippen LogP contribution < -0.4 is 5.56 Å². The van der Waals surface area contributed by atoms with Crippen LogP contribution in [0.5, 0.6) is 0 Å². The summed E-state index contributed by atoms with van der Waals surface area (Å²) >= 11 is 0. The van der Waals surface area contributed by atoms with E-state index in [0.29, 0.717) is 30.8 Å². The molecule has 0 radical (unpaired) electrons. The highest BCUT2D eigenvalue weighted by Crippen LogP contribution is 2.24. The molecule has 1 saturated heterocycles. The summed E-state index contributed by atoms with van der Waals surface area (Å²) in [5, 5.41) is 0.796. The summed E-state index contributed by atoms with van der Waals surface area (Å²) in [6.07, 6.45) is 1.42. The lowest BCUT2D eigenvalue weighted by molar-refractivity contribution is -0.138. The molecular weight excluding hydrogens is 310 g/mol. The number of ether oxygens (including phenoxy) is 1. The number of hydrogen-bond donors (Lipinski definition) is 0. The number of morpholine rings is 1. The molecule has 7 nitrogen and oxygen atoms in total. The fourth-order valence-corrected chi connectivity index (χ4v) is 3.02. The van der Waals surface area contributed by atoms with Gasteiger partial charge in [0.2, 0.25) is 11.5 Å². The minimum atomic E-state index is -0.342. The molecule has 3 aromatic rings. The fraction of sp³-hybridized carbons (Fsp3) is 0.353. The van der Waals surface area contributed by atoms with Gasteiger partial charge in [-0.25, -0.2) is 4.98 Å². The Bertz CT molecular complexity index is 975. The molecule has 0 saturated carbocycles. The van der Waals surface area contributed by atoms with E-state index in [-0.39, 0.29) is 29.7 Å². The van der Waals surface area contributed by atoms with Crippen molar-refractivity contribution >= 4 is 28.0 Å². The van der Waals surface area contributed by atoms with Crippen LogP contribution in [0, 0.1) is 0 Å². The molecule has 124 valence electrons. The van der Waals surface area contributed by atoms with Crippen molar-refractivity contribution in [2.75, 3.05) is 19.7 Å². The van der Waals surface area contributed by atoms with E-state index in [4.69, 9.17) is 9.15 Å². The number of benzene rings is 1. The predicted octanol–water partition coefficient (Wildman–Crippen LogP) is 1.39. The van der Waals surface area contributed by atoms with Gasteiger partial charge in [-0.2, -0.15) is 0 Å². The molecule has 0 bridgehead atoms. The molecule has 0 spiro atoms. The zero-order valence-electron chi connectivity index (χ0n) is 13.3. The number of fused-ring (bicyclic) bond motifs is 3. The van der Waals surface area contributed by atoms with E-state index < -0.39 is 0 Å². The molecule has 7 heteroatoms. The van der Waals surface area contributed by atoms with Crippen molar-refractivity contribution in [1.29, 1.82) is 0 Å². The number of nitrogens with zero attached hydrogens (tertiary/aromatic N) is 3. The van der Waals surface area contributed by atoms with Gasteiger partial charge in [-0.15, -0.1) is 0 Å². The molecule has 0 aliphatic carbocycles. The molecular formula is C17H17N3O4. The second-order valence-corrected chi connectivity index (χ2v) is 5.97. The Labute approximate surface area is 137 Å². The van der Waals surface area contributed by atoms with Crippen LogP contribution in [0.25, 0.3) is 22.1 Å². The zero-order valence-corrected chi connectivity index (χ0v) is 13.3. The van der Waals surface area contributed by atoms with Crippen molar-refractivity contribution < 1.29 is 13.9 Å². The normalized spacial score (nSPS) is 18.4. The van der Waals surface area contributed by atoms with E-state index in [2.05, 4.69) is 4.98 Å². The number of aromatic nitrogens is 2. The highest BCUT2D eigenvalue weighted by molar-refractivity contribution is 6.01. The van der Waals surface area contributed by atoms with Gasteiger partial charge >= 0.3 is 0 Å². The highest BCUT2D eigenvalue weighted by Gasteiger charge is 2.22. The van der Waals surface area contributed by atoms with Crippen molar-refractivity contribution in [3.8, 4) is 0 Å². The lowest BCUT2D eigenvalue weighted by Gasteiger charge is -2.31. The SMILES string of the molecule is C[C@H]1CN(C(=O)Cn2cnc3c(oc4ccccc43)c2=O)CCO1. The summed E-state index contributed by atoms with van der Waals surface area (Å²) in [6.45, 7) is 3.47. The van der Waals surface area contributed by atoms with Gasteiger partial charge in [-0.05, 0) is 19.1 Å². The molecule has 1 atom stereocenters. The smallest absolute Gasteiger partial charge is 0.297 e. The van der Waals surface area contributed by atoms with Gasteiger partial charge in [0.05, 0.1) is 19.0 Å². The van der Waals surface area contributed by atoms with Crippen LogP contribution in [0.1, 0.15) is 6.92 Å². The molecule has 3 heterocycles. The number of furan rings is 1. The molecule has 2 aromatic heterocycles. The molecule has 0 N–H and O–H groups in total. The van der Waals surface area contributed by atoms with Crippen LogP contribution in [-0.4, -0.2) is 46.2 Å². The Morgan fingerprint density at radius 2 is 2.21 bits per heavy atom. The zero-order chi connectivity index (χ0) is 16.7. The molecule has 4 rings (SSSR count). The standard InChI is InChI=1S/C17H17N3O4/c1-11-8-19(6-7-23-11)14(21)9-20-10-18-15-12-4-2-3-5-13(12)24-16(15)17(20)22/h2-5,10-11H,6-9H2,1H3/t11-/m0/s1. The number of rotatable bonds is 2. The first kappa shape index (κ1) is 14.9. The molecule has 1 fully saturated rings. The third-order valence-corrected chi connectivity index (χ3v) is 4.25. The summed E-state index contributed by atoms with van der Waals surface area (Å²) in [5.41, 5.74) is 0.982. The van der Waals surface area contributed by atoms with Gasteiger partial charge in [-0.1, -0.05) is 12.1 Å². The van der Waals surface area contributed by atoms with Crippen LogP contribution in [0.2, 0.25) is 0 Å². The van der Waals surface area contributed by atoms with Gasteiger partial charge in [0.1, 0.15) is 17.6 Å². The first-order chi connectivity index (χ1) is 11.6. The van der Waals surface area contributed by atoms with Crippen LogP contribution in [0.15, 0.2) is 39.8 Å². The minimum absolute atomic E-state index is 0.00963. The average Bonchev–Trinajstić information content (AvgIpc) is 2.97. The average molecular weight is 327 g/mol. The van der Waals surface area contributed by atoms with Crippen LogP contribution in [0.3, 0.4) is 0 Å². The van der Waals surface area contributed by atoms with Gasteiger partial charge < -0.3 is 14.1 Å². The van der Waals surface area contributed by atoms with Crippen molar-refractivity contribution in [2.45, 2.75) is 19.6 Å². The largest absolute Gasteiger partial charge is 0.448 e. The number of carbonyl (C=O) groups excluding carboxylic acids is 1. The second-order valence-electron chi connectivity index (χ2n) is 5.97. The first-order valence-corrected chi connectivity index (χ1v) is 7.89. The topological polar surface area (TPSA) is 77.6 Å². The maximum absolute atomic E-state index is 12.6. The number of para-hydroxylation sites is 1. The van der Waals surface area contributed by atoms with E-state index in [1.807, 2.05) is 25.1 Å². The van der Waals surface area contributed by atoms with E-state index >= 15 is 0 Å². The van der Waals surface area contributed by atoms with Crippen LogP contribution in [-0.2, 0) is 16.1 Å². The Kier molecular flexibility index (Phi) is 3.57. The van der Waals surface area contributed by atoms with Gasteiger partial charge in [0.15, 0.2) is 0 Å².